The van der Waals surface area contributed by atoms with Gasteiger partial charge in [-0.05, 0) is 13.3 Å². The number of phosphoric acid groups is 1. The summed E-state index contributed by atoms with van der Waals surface area (Å²) in [5.41, 5.74) is -1.53. The molecule has 0 radical (unpaired) electrons. The van der Waals surface area contributed by atoms with E-state index in [9.17, 15) is 14.5 Å². The predicted molar refractivity (Wildman–Crippen MR) is 52.8 cm³/mol. The van der Waals surface area contributed by atoms with Crippen LogP contribution in [0.3, 0.4) is 0 Å². The molecule has 92 valence electrons. The second-order valence-electron chi connectivity index (χ2n) is 3.29. The first-order valence-electron chi connectivity index (χ1n) is 4.25. The van der Waals surface area contributed by atoms with Crippen LogP contribution in [-0.2, 0) is 18.4 Å². The van der Waals surface area contributed by atoms with Gasteiger partial charge in [0.05, 0.1) is 12.0 Å². The summed E-state index contributed by atoms with van der Waals surface area (Å²) >= 11 is 0. The topological polar surface area (TPSA) is 113 Å². The zero-order valence-corrected chi connectivity index (χ0v) is 9.51. The van der Waals surface area contributed by atoms with E-state index in [1.165, 1.54) is 13.0 Å². The zero-order valence-electron chi connectivity index (χ0n) is 8.62. The molecule has 0 spiro atoms. The van der Waals surface area contributed by atoms with Gasteiger partial charge in [0, 0.05) is 6.61 Å². The molecular formula is C8H13O7P. The number of carbonyl (C=O) groups is 1. The Morgan fingerprint density at radius 2 is 2.19 bits per heavy atom. The molecule has 0 aliphatic rings. The van der Waals surface area contributed by atoms with Gasteiger partial charge in [-0.1, -0.05) is 6.42 Å². The Bertz CT molecular complexity index is 330. The van der Waals surface area contributed by atoms with E-state index < -0.39 is 25.8 Å². The summed E-state index contributed by atoms with van der Waals surface area (Å²) in [6.07, 6.45) is 5.36. The van der Waals surface area contributed by atoms with Crippen LogP contribution in [0.15, 0.2) is 0 Å². The number of hydrogen-bond donors (Lipinski definition) is 3. The highest BCUT2D eigenvalue weighted by atomic mass is 31.2. The number of rotatable bonds is 6. The number of aliphatic hydroxyl groups excluding tert-OH is 1. The summed E-state index contributed by atoms with van der Waals surface area (Å²) in [7, 11) is -4.61. The van der Waals surface area contributed by atoms with Crippen molar-refractivity contribution in [2.75, 3.05) is 6.61 Å². The summed E-state index contributed by atoms with van der Waals surface area (Å²) in [4.78, 5) is 19.9. The fourth-order valence-corrected chi connectivity index (χ4v) is 1.38. The maximum Gasteiger partial charge on any atom is 0.595 e. The van der Waals surface area contributed by atoms with Gasteiger partial charge in [0.1, 0.15) is 6.11 Å². The Morgan fingerprint density at radius 1 is 1.62 bits per heavy atom. The van der Waals surface area contributed by atoms with Crippen LogP contribution < -0.4 is 0 Å². The molecular weight excluding hydrogens is 239 g/mol. The quantitative estimate of drug-likeness (QED) is 0.441. The third kappa shape index (κ3) is 6.43. The third-order valence-electron chi connectivity index (χ3n) is 1.56. The van der Waals surface area contributed by atoms with Crippen molar-refractivity contribution in [2.24, 2.45) is 0 Å². The van der Waals surface area contributed by atoms with E-state index in [0.717, 1.165) is 0 Å². The smallest absolute Gasteiger partial charge is 0.396 e. The van der Waals surface area contributed by atoms with Gasteiger partial charge in [0.2, 0.25) is 0 Å². The van der Waals surface area contributed by atoms with Gasteiger partial charge in [-0.3, -0.25) is 9.69 Å². The minimum atomic E-state index is -4.61. The maximum atomic E-state index is 11.1. The maximum absolute atomic E-state index is 11.1. The Morgan fingerprint density at radius 3 is 2.62 bits per heavy atom. The van der Waals surface area contributed by atoms with Crippen LogP contribution in [0.25, 0.3) is 0 Å². The molecule has 0 aromatic carbocycles. The highest BCUT2D eigenvalue weighted by Crippen LogP contribution is 2.43. The SMILES string of the molecule is C#COP(=O)(O)OC(=O)C[C@](C)(O)CCO. The second kappa shape index (κ2) is 5.87. The Hall–Kier alpha value is -1.06. The highest BCUT2D eigenvalue weighted by molar-refractivity contribution is 7.48. The molecule has 0 saturated heterocycles. The lowest BCUT2D eigenvalue weighted by Gasteiger charge is -2.20. The number of terminal acetylenes is 1. The fraction of sp³-hybridized carbons (Fsp3) is 0.625. The number of carbonyl (C=O) groups excluding carboxylic acids is 1. The lowest BCUT2D eigenvalue weighted by Crippen LogP contribution is -2.29. The standard InChI is InChI=1S/C8H13O7P/c1-3-14-16(12,13)15-7(10)6-8(2,11)4-5-9/h1,9,11H,4-6H2,2H3,(H,12,13)/t8-/m1/s1. The van der Waals surface area contributed by atoms with Crippen molar-refractivity contribution in [2.45, 2.75) is 25.4 Å². The molecule has 1 unspecified atom stereocenters. The van der Waals surface area contributed by atoms with Gasteiger partial charge in [-0.25, -0.2) is 4.57 Å². The largest absolute Gasteiger partial charge is 0.595 e. The van der Waals surface area contributed by atoms with E-state index >= 15 is 0 Å². The van der Waals surface area contributed by atoms with Crippen molar-refractivity contribution in [3.63, 3.8) is 0 Å². The summed E-state index contributed by atoms with van der Waals surface area (Å²) in [5, 5.41) is 18.1. The average Bonchev–Trinajstić information content (AvgIpc) is 1.99. The van der Waals surface area contributed by atoms with Crippen LogP contribution in [0.5, 0.6) is 0 Å². The summed E-state index contributed by atoms with van der Waals surface area (Å²) < 4.78 is 18.8. The Balaban J connectivity index is 4.30. The molecule has 0 aromatic heterocycles. The molecule has 0 aromatic rings. The average molecular weight is 252 g/mol. The lowest BCUT2D eigenvalue weighted by molar-refractivity contribution is -0.140. The molecule has 0 rings (SSSR count). The van der Waals surface area contributed by atoms with Crippen LogP contribution in [0, 0.1) is 12.5 Å². The van der Waals surface area contributed by atoms with Crippen molar-refractivity contribution in [3.05, 3.63) is 0 Å². The molecule has 0 aliphatic carbocycles. The van der Waals surface area contributed by atoms with Gasteiger partial charge in [0.25, 0.3) is 0 Å². The van der Waals surface area contributed by atoms with Crippen molar-refractivity contribution in [1.82, 2.24) is 0 Å². The van der Waals surface area contributed by atoms with Gasteiger partial charge < -0.3 is 19.3 Å². The molecule has 0 saturated carbocycles. The second-order valence-corrected chi connectivity index (χ2v) is 4.59. The van der Waals surface area contributed by atoms with Crippen molar-refractivity contribution in [3.8, 4) is 12.5 Å². The van der Waals surface area contributed by atoms with Crippen molar-refractivity contribution in [1.29, 1.82) is 0 Å². The fourth-order valence-electron chi connectivity index (χ4n) is 0.886. The lowest BCUT2D eigenvalue weighted by atomic mass is 9.99. The van der Waals surface area contributed by atoms with Crippen molar-refractivity contribution >= 4 is 13.8 Å². The van der Waals surface area contributed by atoms with Crippen molar-refractivity contribution < 1.29 is 33.5 Å². The normalized spacial score (nSPS) is 17.7. The number of aliphatic hydroxyl groups is 2. The molecule has 16 heavy (non-hydrogen) atoms. The minimum absolute atomic E-state index is 0.0756. The molecule has 0 bridgehead atoms. The Labute approximate surface area is 92.6 Å². The minimum Gasteiger partial charge on any atom is -0.396 e. The highest BCUT2D eigenvalue weighted by Gasteiger charge is 2.31. The van der Waals surface area contributed by atoms with E-state index in [1.54, 1.807) is 0 Å². The van der Waals surface area contributed by atoms with Crippen LogP contribution in [0.2, 0.25) is 0 Å². The van der Waals surface area contributed by atoms with E-state index in [0.29, 0.717) is 0 Å². The molecule has 0 aliphatic heterocycles. The van der Waals surface area contributed by atoms with Crippen LogP contribution in [0.1, 0.15) is 19.8 Å². The van der Waals surface area contributed by atoms with Gasteiger partial charge >= 0.3 is 13.8 Å². The molecule has 0 amide bonds. The van der Waals surface area contributed by atoms with E-state index in [4.69, 9.17) is 10.00 Å². The van der Waals surface area contributed by atoms with E-state index in [1.807, 2.05) is 0 Å². The predicted octanol–water partition coefficient (Wildman–Crippen LogP) is -0.239. The molecule has 3 N–H and O–H groups in total. The van der Waals surface area contributed by atoms with E-state index in [-0.39, 0.29) is 13.0 Å². The molecule has 7 nitrogen and oxygen atoms in total. The van der Waals surface area contributed by atoms with E-state index in [2.05, 4.69) is 15.5 Å². The molecule has 8 heteroatoms. The Kier molecular flexibility index (Phi) is 5.48. The first-order valence-corrected chi connectivity index (χ1v) is 5.74. The van der Waals surface area contributed by atoms with Crippen LogP contribution in [-0.4, -0.2) is 33.3 Å². The third-order valence-corrected chi connectivity index (χ3v) is 2.33. The zero-order chi connectivity index (χ0) is 12.8. The molecule has 0 heterocycles. The van der Waals surface area contributed by atoms with Crippen LogP contribution >= 0.6 is 7.82 Å². The molecule has 2 atom stereocenters. The number of phosphoric ester groups is 1. The van der Waals surface area contributed by atoms with Gasteiger partial charge in [0.15, 0.2) is 0 Å². The summed E-state index contributed by atoms with van der Waals surface area (Å²) in [6, 6.07) is 0. The monoisotopic (exact) mass is 252 g/mol. The number of hydrogen-bond acceptors (Lipinski definition) is 6. The van der Waals surface area contributed by atoms with Crippen LogP contribution in [0.4, 0.5) is 0 Å². The first kappa shape index (κ1) is 14.9. The summed E-state index contributed by atoms with van der Waals surface area (Å²) in [6.45, 7) is 0.937. The first-order chi connectivity index (χ1) is 7.22. The van der Waals surface area contributed by atoms with Gasteiger partial charge in [-0.15, -0.1) is 0 Å². The van der Waals surface area contributed by atoms with Gasteiger partial charge in [-0.2, -0.15) is 0 Å². The summed E-state index contributed by atoms with van der Waals surface area (Å²) in [5.74, 6) is -1.15. The molecule has 0 fully saturated rings.